The van der Waals surface area contributed by atoms with Crippen LogP contribution in [0.2, 0.25) is 0 Å². The molecule has 35 heavy (non-hydrogen) atoms. The van der Waals surface area contributed by atoms with Crippen molar-refractivity contribution in [2.45, 2.75) is 43.8 Å². The summed E-state index contributed by atoms with van der Waals surface area (Å²) in [4.78, 5) is 29.2. The van der Waals surface area contributed by atoms with Gasteiger partial charge in [-0.1, -0.05) is 18.2 Å². The van der Waals surface area contributed by atoms with Crippen molar-refractivity contribution in [3.05, 3.63) is 65.0 Å². The van der Waals surface area contributed by atoms with E-state index in [4.69, 9.17) is 0 Å². The molecule has 1 N–H and O–H groups in total. The molecule has 186 valence electrons. The van der Waals surface area contributed by atoms with E-state index < -0.39 is 28.5 Å². The first-order valence-corrected chi connectivity index (χ1v) is 12.9. The standard InChI is InChI=1S/C24H24F3N3O4S/c25-24(26,27)14-30-13-23(29-35(30,33)34)18-6-7-19(23)11-17-9-16(5-4-15(17)10-18)21(31)12-22(32)20-3-1-2-8-28-20/h1-5,8-9,18-19,29H,6-7,10-14H2/t18-,19+,23+/m0/s1. The van der Waals surface area contributed by atoms with Gasteiger partial charge in [-0.2, -0.15) is 30.6 Å². The normalized spacial score (nSPS) is 27.5. The maximum absolute atomic E-state index is 13.0. The van der Waals surface area contributed by atoms with E-state index in [2.05, 4.69) is 9.71 Å². The number of aromatic nitrogens is 1. The van der Waals surface area contributed by atoms with Crippen LogP contribution in [0.25, 0.3) is 0 Å². The largest absolute Gasteiger partial charge is 0.402 e. The van der Waals surface area contributed by atoms with Gasteiger partial charge in [0.25, 0.3) is 10.2 Å². The third-order valence-electron chi connectivity index (χ3n) is 7.51. The van der Waals surface area contributed by atoms with Crippen LogP contribution < -0.4 is 4.72 Å². The van der Waals surface area contributed by atoms with Crippen molar-refractivity contribution in [1.29, 1.82) is 0 Å². The molecule has 0 unspecified atom stereocenters. The zero-order valence-corrected chi connectivity index (χ0v) is 19.5. The summed E-state index contributed by atoms with van der Waals surface area (Å²) in [5, 5.41) is 0. The molecule has 11 heteroatoms. The van der Waals surface area contributed by atoms with Crippen molar-refractivity contribution in [3.8, 4) is 0 Å². The van der Waals surface area contributed by atoms with Gasteiger partial charge in [-0.05, 0) is 66.8 Å². The molecule has 2 fully saturated rings. The number of hydrogen-bond donors (Lipinski definition) is 1. The molecule has 3 aliphatic rings. The van der Waals surface area contributed by atoms with Crippen LogP contribution in [0.5, 0.6) is 0 Å². The van der Waals surface area contributed by atoms with Gasteiger partial charge in [0, 0.05) is 18.3 Å². The quantitative estimate of drug-likeness (QED) is 0.496. The zero-order chi connectivity index (χ0) is 25.0. The van der Waals surface area contributed by atoms with Gasteiger partial charge in [-0.15, -0.1) is 0 Å². The lowest BCUT2D eigenvalue weighted by molar-refractivity contribution is -0.136. The van der Waals surface area contributed by atoms with E-state index in [0.29, 0.717) is 35.6 Å². The third kappa shape index (κ3) is 4.52. The molecule has 1 aromatic heterocycles. The fourth-order valence-electron chi connectivity index (χ4n) is 5.88. The number of rotatable bonds is 5. The molecular formula is C24H24F3N3O4S. The lowest BCUT2D eigenvalue weighted by atomic mass is 9.79. The summed E-state index contributed by atoms with van der Waals surface area (Å²) in [5.41, 5.74) is 1.46. The highest BCUT2D eigenvalue weighted by atomic mass is 32.2. The van der Waals surface area contributed by atoms with Gasteiger partial charge < -0.3 is 0 Å². The lowest BCUT2D eigenvalue weighted by Crippen LogP contribution is -2.52. The molecule has 5 rings (SSSR count). The van der Waals surface area contributed by atoms with Crippen LogP contribution in [0.3, 0.4) is 0 Å². The molecule has 2 heterocycles. The maximum atomic E-state index is 13.0. The van der Waals surface area contributed by atoms with Gasteiger partial charge in [0.2, 0.25) is 0 Å². The van der Waals surface area contributed by atoms with Crippen molar-refractivity contribution in [3.63, 3.8) is 0 Å². The molecule has 1 aliphatic heterocycles. The fourth-order valence-corrected chi connectivity index (χ4v) is 7.59. The van der Waals surface area contributed by atoms with E-state index in [-0.39, 0.29) is 42.1 Å². The Hall–Kier alpha value is -2.63. The molecule has 1 saturated heterocycles. The van der Waals surface area contributed by atoms with Crippen LogP contribution in [0.1, 0.15) is 51.2 Å². The first-order chi connectivity index (χ1) is 16.5. The number of nitrogens with zero attached hydrogens (tertiary/aromatic N) is 2. The second-order valence-electron chi connectivity index (χ2n) is 9.63. The average Bonchev–Trinajstić information content (AvgIpc) is 3.17. The monoisotopic (exact) mass is 507 g/mol. The molecular weight excluding hydrogens is 483 g/mol. The van der Waals surface area contributed by atoms with Gasteiger partial charge in [-0.25, -0.2) is 0 Å². The van der Waals surface area contributed by atoms with Crippen molar-refractivity contribution in [2.24, 2.45) is 11.8 Å². The number of ketones is 2. The minimum atomic E-state index is -4.63. The SMILES string of the molecule is O=C(CC(=O)c1ccccn1)c1ccc2c(c1)C[C@H]1CC[C@@H](C2)[C@]12CN(CC(F)(F)F)S(=O)(=O)N2. The Morgan fingerprint density at radius 3 is 2.43 bits per heavy atom. The number of pyridine rings is 1. The van der Waals surface area contributed by atoms with Crippen LogP contribution in [0.4, 0.5) is 13.2 Å². The molecule has 0 radical (unpaired) electrons. The maximum Gasteiger partial charge on any atom is 0.402 e. The Morgan fingerprint density at radius 2 is 1.77 bits per heavy atom. The number of Topliss-reactive ketones (excluding diaryl/α,β-unsaturated/α-hetero) is 2. The van der Waals surface area contributed by atoms with Gasteiger partial charge in [0.1, 0.15) is 12.2 Å². The molecule has 1 spiro atoms. The second kappa shape index (κ2) is 8.49. The molecule has 2 aromatic rings. The zero-order valence-electron chi connectivity index (χ0n) is 18.7. The summed E-state index contributed by atoms with van der Waals surface area (Å²) in [6.07, 6.45) is -1.11. The summed E-state index contributed by atoms with van der Waals surface area (Å²) in [6.45, 7) is -1.73. The Morgan fingerprint density at radius 1 is 1.06 bits per heavy atom. The topological polar surface area (TPSA) is 96.4 Å². The number of halogens is 3. The lowest BCUT2D eigenvalue weighted by Gasteiger charge is -2.33. The molecule has 3 atom stereocenters. The van der Waals surface area contributed by atoms with Crippen molar-refractivity contribution < 1.29 is 31.2 Å². The third-order valence-corrected chi connectivity index (χ3v) is 9.08. The minimum Gasteiger partial charge on any atom is -0.294 e. The summed E-state index contributed by atoms with van der Waals surface area (Å²) < 4.78 is 67.5. The Labute approximate surface area is 200 Å². The number of fused-ring (bicyclic) bond motifs is 1. The van der Waals surface area contributed by atoms with Crippen molar-refractivity contribution in [1.82, 2.24) is 14.0 Å². The van der Waals surface area contributed by atoms with E-state index in [9.17, 15) is 31.2 Å². The minimum absolute atomic E-state index is 0.144. The molecule has 7 nitrogen and oxygen atoms in total. The Kier molecular flexibility index (Phi) is 5.84. The van der Waals surface area contributed by atoms with Gasteiger partial charge in [0.15, 0.2) is 11.6 Å². The number of benzene rings is 1. The molecule has 0 amide bonds. The summed E-state index contributed by atoms with van der Waals surface area (Å²) in [6, 6.07) is 10.1. The van der Waals surface area contributed by atoms with E-state index in [1.54, 1.807) is 30.3 Å². The highest BCUT2D eigenvalue weighted by Crippen LogP contribution is 2.50. The van der Waals surface area contributed by atoms with Crippen LogP contribution in [-0.2, 0) is 23.1 Å². The first kappa shape index (κ1) is 24.1. The number of nitrogens with one attached hydrogen (secondary N) is 1. The van der Waals surface area contributed by atoms with E-state index in [1.165, 1.54) is 6.20 Å². The fraction of sp³-hybridized carbons (Fsp3) is 0.458. The first-order valence-electron chi connectivity index (χ1n) is 11.4. The van der Waals surface area contributed by atoms with Crippen molar-refractivity contribution in [2.75, 3.05) is 13.1 Å². The highest BCUT2D eigenvalue weighted by molar-refractivity contribution is 7.87. The van der Waals surface area contributed by atoms with Crippen LogP contribution in [0.15, 0.2) is 42.6 Å². The van der Waals surface area contributed by atoms with E-state index >= 15 is 0 Å². The summed E-state index contributed by atoms with van der Waals surface area (Å²) in [5.74, 6) is -1.06. The van der Waals surface area contributed by atoms with Crippen LogP contribution in [-0.4, -0.2) is 54.1 Å². The highest BCUT2D eigenvalue weighted by Gasteiger charge is 2.60. The van der Waals surface area contributed by atoms with E-state index in [1.807, 2.05) is 6.07 Å². The predicted molar refractivity (Wildman–Crippen MR) is 120 cm³/mol. The van der Waals surface area contributed by atoms with E-state index in [0.717, 1.165) is 11.1 Å². The van der Waals surface area contributed by atoms with Crippen LogP contribution in [0, 0.1) is 11.8 Å². The summed E-state index contributed by atoms with van der Waals surface area (Å²) >= 11 is 0. The number of carbonyl (C=O) groups excluding carboxylic acids is 2. The Balaban J connectivity index is 1.38. The van der Waals surface area contributed by atoms with Gasteiger partial charge >= 0.3 is 6.18 Å². The number of hydrogen-bond acceptors (Lipinski definition) is 5. The average molecular weight is 508 g/mol. The predicted octanol–water partition coefficient (Wildman–Crippen LogP) is 3.11. The van der Waals surface area contributed by atoms with Gasteiger partial charge in [-0.3, -0.25) is 14.6 Å². The van der Waals surface area contributed by atoms with Gasteiger partial charge in [0.05, 0.1) is 12.0 Å². The smallest absolute Gasteiger partial charge is 0.294 e. The molecule has 2 bridgehead atoms. The summed E-state index contributed by atoms with van der Waals surface area (Å²) in [7, 11) is -4.25. The Bertz CT molecular complexity index is 1280. The van der Waals surface area contributed by atoms with Crippen LogP contribution >= 0.6 is 0 Å². The molecule has 1 aromatic carbocycles. The second-order valence-corrected chi connectivity index (χ2v) is 11.3. The number of carbonyl (C=O) groups is 2. The molecule has 2 aliphatic carbocycles. The molecule has 1 saturated carbocycles. The number of alkyl halides is 3. The van der Waals surface area contributed by atoms with Crippen molar-refractivity contribution >= 4 is 21.8 Å².